The maximum Gasteiger partial charge on any atom is 0.274 e. The normalized spacial score (nSPS) is 16.7. The highest BCUT2D eigenvalue weighted by molar-refractivity contribution is 7.22. The Balaban J connectivity index is 1.46. The van der Waals surface area contributed by atoms with Gasteiger partial charge in [0.05, 0.1) is 27.6 Å². The fraction of sp³-hybridized carbons (Fsp3) is 0.333. The highest BCUT2D eigenvalue weighted by Crippen LogP contribution is 2.32. The molecule has 2 aromatic carbocycles. The first-order valence-corrected chi connectivity index (χ1v) is 10.4. The van der Waals surface area contributed by atoms with E-state index in [-0.39, 0.29) is 24.1 Å². The van der Waals surface area contributed by atoms with Crippen LogP contribution >= 0.6 is 11.3 Å². The fourth-order valence-corrected chi connectivity index (χ4v) is 4.82. The van der Waals surface area contributed by atoms with Gasteiger partial charge in [0.1, 0.15) is 0 Å². The minimum atomic E-state index is -0.400. The molecular weight excluding hydrogens is 388 g/mol. The van der Waals surface area contributed by atoms with Gasteiger partial charge in [0.25, 0.3) is 5.69 Å². The van der Waals surface area contributed by atoms with Crippen molar-refractivity contribution < 1.29 is 9.72 Å². The van der Waals surface area contributed by atoms with Crippen molar-refractivity contribution in [2.24, 2.45) is 5.92 Å². The second-order valence-electron chi connectivity index (χ2n) is 7.33. The van der Waals surface area contributed by atoms with Gasteiger partial charge in [0.15, 0.2) is 5.13 Å². The molecule has 1 saturated heterocycles. The summed E-state index contributed by atoms with van der Waals surface area (Å²) in [5.74, 6) is -0.113. The number of hydrogen-bond donors (Lipinski definition) is 0. The molecule has 1 aromatic heterocycles. The third kappa shape index (κ3) is 4.07. The Hall–Kier alpha value is -3.00. The number of benzene rings is 2. The van der Waals surface area contributed by atoms with Gasteiger partial charge < -0.3 is 9.80 Å². The number of amides is 1. The van der Waals surface area contributed by atoms with Gasteiger partial charge in [-0.2, -0.15) is 0 Å². The summed E-state index contributed by atoms with van der Waals surface area (Å²) in [4.78, 5) is 32.4. The maximum atomic E-state index is 13.0. The predicted molar refractivity (Wildman–Crippen MR) is 114 cm³/mol. The van der Waals surface area contributed by atoms with Crippen molar-refractivity contribution in [3.05, 3.63) is 64.2 Å². The van der Waals surface area contributed by atoms with Crippen LogP contribution in [0, 0.1) is 16.0 Å². The van der Waals surface area contributed by atoms with Gasteiger partial charge in [0.2, 0.25) is 5.91 Å². The summed E-state index contributed by atoms with van der Waals surface area (Å²) in [5, 5.41) is 12.2. The first-order chi connectivity index (χ1) is 14.0. The van der Waals surface area contributed by atoms with Crippen LogP contribution < -0.4 is 4.90 Å². The lowest BCUT2D eigenvalue weighted by atomic mass is 9.96. The Kier molecular flexibility index (Phi) is 5.44. The lowest BCUT2D eigenvalue weighted by molar-refractivity contribution is -0.385. The number of thiazole rings is 1. The predicted octanol–water partition coefficient (Wildman–Crippen LogP) is 4.08. The molecule has 1 aliphatic rings. The lowest BCUT2D eigenvalue weighted by Gasteiger charge is -2.33. The van der Waals surface area contributed by atoms with Crippen LogP contribution in [-0.4, -0.2) is 40.9 Å². The first kappa shape index (κ1) is 19.3. The summed E-state index contributed by atoms with van der Waals surface area (Å²) < 4.78 is 1.14. The number of aromatic nitrogens is 1. The molecule has 0 N–H and O–H groups in total. The number of piperidine rings is 1. The van der Waals surface area contributed by atoms with Crippen molar-refractivity contribution in [1.29, 1.82) is 0 Å². The zero-order valence-electron chi connectivity index (χ0n) is 16.2. The number of fused-ring (bicyclic) bond motifs is 1. The largest absolute Gasteiger partial charge is 0.347 e. The van der Waals surface area contributed by atoms with E-state index in [1.807, 2.05) is 18.2 Å². The van der Waals surface area contributed by atoms with Crippen molar-refractivity contribution in [3.63, 3.8) is 0 Å². The van der Waals surface area contributed by atoms with Crippen molar-refractivity contribution in [3.8, 4) is 0 Å². The molecule has 0 radical (unpaired) electrons. The van der Waals surface area contributed by atoms with E-state index in [2.05, 4.69) is 11.0 Å². The zero-order valence-corrected chi connectivity index (χ0v) is 17.0. The average molecular weight is 410 g/mol. The molecule has 8 heteroatoms. The highest BCUT2D eigenvalue weighted by atomic mass is 32.1. The Morgan fingerprint density at radius 3 is 2.83 bits per heavy atom. The average Bonchev–Trinajstić information content (AvgIpc) is 3.18. The summed E-state index contributed by atoms with van der Waals surface area (Å²) >= 11 is 1.65. The molecule has 1 fully saturated rings. The second-order valence-corrected chi connectivity index (χ2v) is 8.34. The van der Waals surface area contributed by atoms with Crippen molar-refractivity contribution in [1.82, 2.24) is 9.88 Å². The van der Waals surface area contributed by atoms with Gasteiger partial charge in [-0.1, -0.05) is 41.7 Å². The third-order valence-electron chi connectivity index (χ3n) is 5.30. The van der Waals surface area contributed by atoms with Crippen LogP contribution in [0.4, 0.5) is 10.8 Å². The number of carbonyl (C=O) groups is 1. The van der Waals surface area contributed by atoms with Crippen LogP contribution in [0.1, 0.15) is 18.4 Å². The molecule has 0 spiro atoms. The van der Waals surface area contributed by atoms with E-state index in [1.165, 1.54) is 6.07 Å². The summed E-state index contributed by atoms with van der Waals surface area (Å²) in [7, 11) is 1.72. The number of hydrogen-bond acceptors (Lipinski definition) is 6. The van der Waals surface area contributed by atoms with Gasteiger partial charge >= 0.3 is 0 Å². The Labute approximate surface area is 172 Å². The standard InChI is InChI=1S/C21H22N4O3S/c1-23(13-15-7-2-4-10-18(15)25(27)28)20(26)16-8-6-12-24(14-16)21-22-17-9-3-5-11-19(17)29-21/h2-5,7,9-11,16H,6,8,12-14H2,1H3/t16-/m1/s1. The molecule has 0 bridgehead atoms. The topological polar surface area (TPSA) is 79.6 Å². The minimum absolute atomic E-state index is 0.0222. The molecule has 0 unspecified atom stereocenters. The monoisotopic (exact) mass is 410 g/mol. The van der Waals surface area contributed by atoms with Gasteiger partial charge in [-0.05, 0) is 25.0 Å². The van der Waals surface area contributed by atoms with E-state index < -0.39 is 4.92 Å². The molecule has 1 aliphatic heterocycles. The molecule has 29 heavy (non-hydrogen) atoms. The van der Waals surface area contributed by atoms with Crippen LogP contribution in [0.2, 0.25) is 0 Å². The Bertz CT molecular complexity index is 1020. The number of carbonyl (C=O) groups excluding carboxylic acids is 1. The number of anilines is 1. The van der Waals surface area contributed by atoms with Crippen molar-refractivity contribution >= 4 is 38.3 Å². The number of nitrogens with zero attached hydrogens (tertiary/aromatic N) is 4. The summed E-state index contributed by atoms with van der Waals surface area (Å²) in [6, 6.07) is 14.6. The van der Waals surface area contributed by atoms with Crippen LogP contribution in [0.25, 0.3) is 10.2 Å². The van der Waals surface area contributed by atoms with Crippen molar-refractivity contribution in [2.75, 3.05) is 25.0 Å². The number of para-hydroxylation sites is 2. The quantitative estimate of drug-likeness (QED) is 0.468. The highest BCUT2D eigenvalue weighted by Gasteiger charge is 2.30. The molecule has 1 atom stereocenters. The van der Waals surface area contributed by atoms with Gasteiger partial charge in [-0.15, -0.1) is 0 Å². The molecule has 0 aliphatic carbocycles. The number of rotatable bonds is 5. The molecule has 0 saturated carbocycles. The maximum absolute atomic E-state index is 13.0. The fourth-order valence-electron chi connectivity index (χ4n) is 3.82. The smallest absolute Gasteiger partial charge is 0.274 e. The summed E-state index contributed by atoms with van der Waals surface area (Å²) in [6.07, 6.45) is 1.74. The third-order valence-corrected chi connectivity index (χ3v) is 6.39. The van der Waals surface area contributed by atoms with Gasteiger partial charge in [-0.3, -0.25) is 14.9 Å². The van der Waals surface area contributed by atoms with E-state index in [4.69, 9.17) is 4.98 Å². The first-order valence-electron chi connectivity index (χ1n) is 9.60. The minimum Gasteiger partial charge on any atom is -0.347 e. The summed E-state index contributed by atoms with van der Waals surface area (Å²) in [6.45, 7) is 1.74. The Morgan fingerprint density at radius 1 is 1.28 bits per heavy atom. The zero-order chi connectivity index (χ0) is 20.4. The number of nitro groups is 1. The van der Waals surface area contributed by atoms with Crippen LogP contribution in [0.5, 0.6) is 0 Å². The van der Waals surface area contributed by atoms with Crippen molar-refractivity contribution in [2.45, 2.75) is 19.4 Å². The molecule has 150 valence electrons. The van der Waals surface area contributed by atoms with Gasteiger partial charge in [0, 0.05) is 31.8 Å². The number of nitro benzene ring substituents is 1. The van der Waals surface area contributed by atoms with Crippen LogP contribution in [0.3, 0.4) is 0 Å². The molecule has 7 nitrogen and oxygen atoms in total. The van der Waals surface area contributed by atoms with E-state index >= 15 is 0 Å². The SMILES string of the molecule is CN(Cc1ccccc1[N+](=O)[O-])C(=O)[C@@H]1CCCN(c2nc3ccccc3s2)C1. The molecule has 1 amide bonds. The van der Waals surface area contributed by atoms with E-state index in [1.54, 1.807) is 41.5 Å². The van der Waals surface area contributed by atoms with E-state index in [9.17, 15) is 14.9 Å². The lowest BCUT2D eigenvalue weighted by Crippen LogP contribution is -2.43. The Morgan fingerprint density at radius 2 is 2.03 bits per heavy atom. The molecule has 4 rings (SSSR count). The van der Waals surface area contributed by atoms with E-state index in [0.29, 0.717) is 12.1 Å². The second kappa shape index (κ2) is 8.16. The van der Waals surface area contributed by atoms with E-state index in [0.717, 1.165) is 34.7 Å². The molecule has 3 aromatic rings. The van der Waals surface area contributed by atoms with Gasteiger partial charge in [-0.25, -0.2) is 4.98 Å². The molecule has 2 heterocycles. The summed E-state index contributed by atoms with van der Waals surface area (Å²) in [5.41, 5.74) is 1.58. The molecular formula is C21H22N4O3S. The van der Waals surface area contributed by atoms with Crippen LogP contribution in [0.15, 0.2) is 48.5 Å². The van der Waals surface area contributed by atoms with Crippen LogP contribution in [-0.2, 0) is 11.3 Å².